The minimum absolute atomic E-state index is 0. The molecule has 162 valence electrons. The number of hydrogen-bond acceptors (Lipinski definition) is 4. The maximum absolute atomic E-state index is 5.58. The van der Waals surface area contributed by atoms with Crippen LogP contribution in [0.4, 0.5) is 0 Å². The van der Waals surface area contributed by atoms with Crippen LogP contribution in [0.15, 0.2) is 4.99 Å². The van der Waals surface area contributed by atoms with Crippen LogP contribution in [0.25, 0.3) is 0 Å². The zero-order valence-corrected chi connectivity index (χ0v) is 20.1. The molecule has 1 fully saturated rings. The van der Waals surface area contributed by atoms with Crippen molar-refractivity contribution in [3.05, 3.63) is 0 Å². The lowest BCUT2D eigenvalue weighted by atomic mass is 10.0. The molecule has 1 aliphatic rings. The molecule has 0 aliphatic carbocycles. The van der Waals surface area contributed by atoms with Gasteiger partial charge in [-0.3, -0.25) is 4.99 Å². The Morgan fingerprint density at radius 2 is 1.85 bits per heavy atom. The van der Waals surface area contributed by atoms with E-state index >= 15 is 0 Å². The molecule has 2 N–H and O–H groups in total. The van der Waals surface area contributed by atoms with Gasteiger partial charge in [0.1, 0.15) is 0 Å². The fourth-order valence-electron chi connectivity index (χ4n) is 3.13. The molecule has 1 atom stereocenters. The van der Waals surface area contributed by atoms with Crippen LogP contribution < -0.4 is 10.6 Å². The molecule has 0 aromatic heterocycles. The molecule has 0 aromatic rings. The van der Waals surface area contributed by atoms with Crippen molar-refractivity contribution in [3.63, 3.8) is 0 Å². The van der Waals surface area contributed by atoms with E-state index in [0.29, 0.717) is 19.8 Å². The highest BCUT2D eigenvalue weighted by atomic mass is 127. The lowest BCUT2D eigenvalue weighted by Crippen LogP contribution is -2.39. The van der Waals surface area contributed by atoms with E-state index in [2.05, 4.69) is 41.3 Å². The third-order valence-electron chi connectivity index (χ3n) is 4.54. The molecule has 0 amide bonds. The fraction of sp³-hybridized carbons (Fsp3) is 0.950. The summed E-state index contributed by atoms with van der Waals surface area (Å²) in [5.74, 6) is 1.74. The van der Waals surface area contributed by atoms with Crippen LogP contribution in [0.5, 0.6) is 0 Å². The summed E-state index contributed by atoms with van der Waals surface area (Å²) >= 11 is 0. The minimum atomic E-state index is 0. The van der Waals surface area contributed by atoms with Crippen molar-refractivity contribution >= 4 is 29.9 Å². The Kier molecular flexibility index (Phi) is 19.1. The first kappa shape index (κ1) is 26.9. The van der Waals surface area contributed by atoms with Crippen LogP contribution in [0.1, 0.15) is 52.9 Å². The smallest absolute Gasteiger partial charge is 0.191 e. The number of guanidine groups is 1. The van der Waals surface area contributed by atoms with Crippen LogP contribution in [0.3, 0.4) is 0 Å². The van der Waals surface area contributed by atoms with Crippen LogP contribution in [0.2, 0.25) is 0 Å². The van der Waals surface area contributed by atoms with Gasteiger partial charge in [-0.05, 0) is 51.6 Å². The Bertz CT molecular complexity index is 359. The minimum Gasteiger partial charge on any atom is -0.379 e. The number of hydrogen-bond donors (Lipinski definition) is 2. The van der Waals surface area contributed by atoms with Gasteiger partial charge in [0.2, 0.25) is 0 Å². The van der Waals surface area contributed by atoms with E-state index in [-0.39, 0.29) is 24.0 Å². The van der Waals surface area contributed by atoms with E-state index in [0.717, 1.165) is 57.5 Å². The average Bonchev–Trinajstić information content (AvgIpc) is 2.64. The second-order valence-corrected chi connectivity index (χ2v) is 7.17. The van der Waals surface area contributed by atoms with Gasteiger partial charge in [-0.25, -0.2) is 0 Å². The molecule has 0 spiro atoms. The maximum atomic E-state index is 5.58. The monoisotopic (exact) mass is 498 g/mol. The van der Waals surface area contributed by atoms with Crippen molar-refractivity contribution in [1.82, 2.24) is 15.5 Å². The maximum Gasteiger partial charge on any atom is 0.191 e. The molecule has 1 aliphatic heterocycles. The summed E-state index contributed by atoms with van der Waals surface area (Å²) in [5.41, 5.74) is 0. The topological polar surface area (TPSA) is 58.1 Å². The van der Waals surface area contributed by atoms with Crippen molar-refractivity contribution in [3.8, 4) is 0 Å². The van der Waals surface area contributed by atoms with Gasteiger partial charge in [-0.15, -0.1) is 24.0 Å². The first-order valence-corrected chi connectivity index (χ1v) is 10.7. The van der Waals surface area contributed by atoms with Gasteiger partial charge in [-0.2, -0.15) is 0 Å². The zero-order chi connectivity index (χ0) is 18.9. The zero-order valence-electron chi connectivity index (χ0n) is 17.8. The van der Waals surface area contributed by atoms with Gasteiger partial charge in [0.25, 0.3) is 0 Å². The van der Waals surface area contributed by atoms with E-state index in [9.17, 15) is 0 Å². The van der Waals surface area contributed by atoms with Gasteiger partial charge in [0, 0.05) is 32.8 Å². The predicted molar refractivity (Wildman–Crippen MR) is 125 cm³/mol. The largest absolute Gasteiger partial charge is 0.379 e. The number of aliphatic imine (C=N–C) groups is 1. The molecule has 1 unspecified atom stereocenters. The highest BCUT2D eigenvalue weighted by molar-refractivity contribution is 14.0. The van der Waals surface area contributed by atoms with Crippen molar-refractivity contribution in [2.75, 3.05) is 65.7 Å². The molecule has 1 saturated heterocycles. The van der Waals surface area contributed by atoms with Gasteiger partial charge in [0.05, 0.1) is 19.8 Å². The van der Waals surface area contributed by atoms with E-state index in [1.54, 1.807) is 0 Å². The quantitative estimate of drug-likeness (QED) is 0.167. The molecule has 7 heteroatoms. The standard InChI is InChI=1S/C20H42N4O2.HI/c1-4-6-14-25-16-17-26-15-11-23-20(21-5-2)22-10-8-13-24-12-7-9-19(3)18-24;/h19H,4-18H2,1-3H3,(H2,21,22,23);1H. The lowest BCUT2D eigenvalue weighted by molar-refractivity contribution is 0.0487. The van der Waals surface area contributed by atoms with Gasteiger partial charge in [0.15, 0.2) is 5.96 Å². The second kappa shape index (κ2) is 19.2. The predicted octanol–water partition coefficient (Wildman–Crippen LogP) is 3.11. The molecule has 6 nitrogen and oxygen atoms in total. The number of piperidine rings is 1. The number of halogens is 1. The number of nitrogens with zero attached hydrogens (tertiary/aromatic N) is 2. The van der Waals surface area contributed by atoms with Crippen LogP contribution in [-0.4, -0.2) is 76.6 Å². The first-order valence-electron chi connectivity index (χ1n) is 10.7. The molecule has 0 bridgehead atoms. The third kappa shape index (κ3) is 15.5. The Labute approximate surface area is 184 Å². The van der Waals surface area contributed by atoms with Crippen molar-refractivity contribution in [1.29, 1.82) is 0 Å². The van der Waals surface area contributed by atoms with E-state index < -0.39 is 0 Å². The number of nitrogens with one attached hydrogen (secondary N) is 2. The van der Waals surface area contributed by atoms with E-state index in [1.807, 2.05) is 0 Å². The molecular weight excluding hydrogens is 455 g/mol. The second-order valence-electron chi connectivity index (χ2n) is 7.17. The summed E-state index contributed by atoms with van der Waals surface area (Å²) in [5, 5.41) is 6.64. The van der Waals surface area contributed by atoms with Gasteiger partial charge in [-0.1, -0.05) is 20.3 Å². The summed E-state index contributed by atoms with van der Waals surface area (Å²) in [7, 11) is 0. The van der Waals surface area contributed by atoms with Crippen LogP contribution in [0, 0.1) is 5.92 Å². The molecule has 1 rings (SSSR count). The molecule has 0 aromatic carbocycles. The molecule has 0 saturated carbocycles. The van der Waals surface area contributed by atoms with Crippen LogP contribution >= 0.6 is 24.0 Å². The Morgan fingerprint density at radius 1 is 1.07 bits per heavy atom. The summed E-state index contributed by atoms with van der Waals surface area (Å²) in [6, 6.07) is 0. The SMILES string of the molecule is CCCCOCCOCCNC(=NCCCN1CCCC(C)C1)NCC.I. The van der Waals surface area contributed by atoms with Crippen LogP contribution in [-0.2, 0) is 9.47 Å². The molecular formula is C20H43IN4O2. The highest BCUT2D eigenvalue weighted by Crippen LogP contribution is 2.15. The number of likely N-dealkylation sites (tertiary alicyclic amines) is 1. The first-order chi connectivity index (χ1) is 12.8. The summed E-state index contributed by atoms with van der Waals surface area (Å²) in [6.45, 7) is 15.7. The Balaban J connectivity index is 0.00000676. The molecule has 1 heterocycles. The number of rotatable bonds is 14. The number of unbranched alkanes of at least 4 members (excludes halogenated alkanes) is 1. The summed E-state index contributed by atoms with van der Waals surface area (Å²) in [4.78, 5) is 7.26. The van der Waals surface area contributed by atoms with Gasteiger partial charge >= 0.3 is 0 Å². The number of ether oxygens (including phenoxy) is 2. The van der Waals surface area contributed by atoms with E-state index in [1.165, 1.54) is 32.4 Å². The summed E-state index contributed by atoms with van der Waals surface area (Å²) < 4.78 is 11.1. The van der Waals surface area contributed by atoms with Crippen molar-refractivity contribution in [2.45, 2.75) is 52.9 Å². The summed E-state index contributed by atoms with van der Waals surface area (Å²) in [6.07, 6.45) is 6.15. The van der Waals surface area contributed by atoms with E-state index in [4.69, 9.17) is 9.47 Å². The van der Waals surface area contributed by atoms with Crippen molar-refractivity contribution in [2.24, 2.45) is 10.9 Å². The molecule has 0 radical (unpaired) electrons. The average molecular weight is 498 g/mol. The van der Waals surface area contributed by atoms with Gasteiger partial charge < -0.3 is 25.0 Å². The third-order valence-corrected chi connectivity index (χ3v) is 4.54. The Hall–Kier alpha value is -0.120. The fourth-order valence-corrected chi connectivity index (χ4v) is 3.13. The Morgan fingerprint density at radius 3 is 2.56 bits per heavy atom. The highest BCUT2D eigenvalue weighted by Gasteiger charge is 2.15. The lowest BCUT2D eigenvalue weighted by Gasteiger charge is -2.30. The van der Waals surface area contributed by atoms with Crippen molar-refractivity contribution < 1.29 is 9.47 Å². The molecule has 27 heavy (non-hydrogen) atoms. The normalized spacial score (nSPS) is 18.2.